The van der Waals surface area contributed by atoms with Crippen molar-refractivity contribution in [3.8, 4) is 0 Å². The van der Waals surface area contributed by atoms with E-state index in [1.165, 1.54) is 8.05 Å². The molecule has 0 fully saturated rings. The molecule has 6 heteroatoms. The summed E-state index contributed by atoms with van der Waals surface area (Å²) in [6, 6.07) is -0.544. The molecule has 0 saturated heterocycles. The molecule has 0 aromatic rings. The lowest BCUT2D eigenvalue weighted by atomic mass is 9.96. The summed E-state index contributed by atoms with van der Waals surface area (Å²) < 4.78 is 4.77. The molecule has 0 amide bonds. The van der Waals surface area contributed by atoms with Gasteiger partial charge in [-0.3, -0.25) is 9.59 Å². The topological polar surface area (TPSA) is 75.6 Å². The molecule has 18 heavy (non-hydrogen) atoms. The molecule has 2 N–H and O–H groups in total. The van der Waals surface area contributed by atoms with Crippen LogP contribution in [0.1, 0.15) is 46.0 Å². The van der Waals surface area contributed by atoms with Crippen LogP contribution < -0.4 is 5.32 Å². The number of hydrogen-bond acceptors (Lipinski definition) is 4. The molecule has 0 rings (SSSR count). The van der Waals surface area contributed by atoms with Gasteiger partial charge in [0, 0.05) is 0 Å². The van der Waals surface area contributed by atoms with Crippen molar-refractivity contribution >= 4 is 20.0 Å². The van der Waals surface area contributed by atoms with Crippen LogP contribution >= 0.6 is 0 Å². The summed E-state index contributed by atoms with van der Waals surface area (Å²) in [5, 5.41) is 11.6. The summed E-state index contributed by atoms with van der Waals surface area (Å²) in [6.07, 6.45) is 4.44. The zero-order chi connectivity index (χ0) is 14.0. The van der Waals surface area contributed by atoms with Crippen molar-refractivity contribution in [3.05, 3.63) is 0 Å². The van der Waals surface area contributed by atoms with Gasteiger partial charge >= 0.3 is 14.0 Å². The smallest absolute Gasteiger partial charge is 0.325 e. The summed E-state index contributed by atoms with van der Waals surface area (Å²) >= 11 is 0. The Morgan fingerprint density at radius 2 is 1.94 bits per heavy atom. The zero-order valence-electron chi connectivity index (χ0n) is 11.6. The first-order chi connectivity index (χ1) is 8.52. The molecule has 2 unspecified atom stereocenters. The van der Waals surface area contributed by atoms with Gasteiger partial charge in [0.05, 0.1) is 5.92 Å². The van der Waals surface area contributed by atoms with Crippen molar-refractivity contribution in [1.82, 2.24) is 5.32 Å². The highest BCUT2D eigenvalue weighted by atomic mass is 16.5. The lowest BCUT2D eigenvalue weighted by molar-refractivity contribution is -0.140. The molecular weight excluding hydrogens is 233 g/mol. The van der Waals surface area contributed by atoms with Crippen LogP contribution in [0.3, 0.4) is 0 Å². The molecule has 104 valence electrons. The minimum absolute atomic E-state index is 0.0584. The van der Waals surface area contributed by atoms with Gasteiger partial charge in [0.2, 0.25) is 0 Å². The monoisotopic (exact) mass is 257 g/mol. The molecule has 0 saturated carbocycles. The normalized spacial score (nSPS) is 13.9. The van der Waals surface area contributed by atoms with E-state index >= 15 is 0 Å². The number of rotatable bonds is 10. The van der Waals surface area contributed by atoms with E-state index in [4.69, 9.17) is 9.76 Å². The maximum absolute atomic E-state index is 11.5. The second-order valence-electron chi connectivity index (χ2n) is 4.52. The van der Waals surface area contributed by atoms with E-state index in [2.05, 4.69) is 12.2 Å². The van der Waals surface area contributed by atoms with E-state index in [1.54, 1.807) is 6.92 Å². The predicted molar refractivity (Wildman–Crippen MR) is 72.0 cm³/mol. The van der Waals surface area contributed by atoms with Gasteiger partial charge in [0.1, 0.15) is 6.04 Å². The van der Waals surface area contributed by atoms with Crippen molar-refractivity contribution in [3.63, 3.8) is 0 Å². The Morgan fingerprint density at radius 3 is 2.44 bits per heavy atom. The fraction of sp³-hybridized carbons (Fsp3) is 0.833. The highest BCUT2D eigenvalue weighted by molar-refractivity contribution is 6.05. The Hall–Kier alpha value is -1.04. The van der Waals surface area contributed by atoms with Crippen molar-refractivity contribution in [1.29, 1.82) is 0 Å². The SMILES string of the molecule is BOC(=O)C(CCCC)CCCNC(C)C(=O)O. The van der Waals surface area contributed by atoms with E-state index in [9.17, 15) is 9.59 Å². The lowest BCUT2D eigenvalue weighted by Crippen LogP contribution is -2.34. The second kappa shape index (κ2) is 9.94. The molecule has 0 aliphatic carbocycles. The number of carboxylic acids is 1. The largest absolute Gasteiger partial charge is 0.543 e. The number of nitrogens with one attached hydrogen (secondary N) is 1. The van der Waals surface area contributed by atoms with E-state index in [0.29, 0.717) is 6.54 Å². The number of carbonyl (C=O) groups excluding carboxylic acids is 1. The van der Waals surface area contributed by atoms with Gasteiger partial charge in [-0.25, -0.2) is 0 Å². The summed E-state index contributed by atoms with van der Waals surface area (Å²) in [7, 11) is 1.41. The molecule has 0 radical (unpaired) electrons. The summed E-state index contributed by atoms with van der Waals surface area (Å²) in [6.45, 7) is 4.30. The number of carboxylic acid groups (broad SMARTS) is 1. The number of hydrogen-bond donors (Lipinski definition) is 2. The van der Waals surface area contributed by atoms with E-state index in [0.717, 1.165) is 32.1 Å². The van der Waals surface area contributed by atoms with Crippen molar-refractivity contribution < 1.29 is 19.3 Å². The molecule has 2 atom stereocenters. The maximum atomic E-state index is 11.5. The van der Waals surface area contributed by atoms with E-state index in [1.807, 2.05) is 0 Å². The molecule has 0 bridgehead atoms. The predicted octanol–water partition coefficient (Wildman–Crippen LogP) is 0.727. The summed E-state index contributed by atoms with van der Waals surface area (Å²) in [5.74, 6) is -1.07. The minimum Gasteiger partial charge on any atom is -0.543 e. The standard InChI is InChI=1S/C12H24BNO4/c1-3-4-6-10(12(17)18-13)7-5-8-14-9(2)11(15)16/h9-10,14H,3-8,13H2,1-2H3,(H,15,16). The third kappa shape index (κ3) is 7.32. The van der Waals surface area contributed by atoms with Crippen LogP contribution in [0.15, 0.2) is 0 Å². The molecule has 0 spiro atoms. The first-order valence-corrected chi connectivity index (χ1v) is 6.56. The van der Waals surface area contributed by atoms with E-state index < -0.39 is 12.0 Å². The van der Waals surface area contributed by atoms with Gasteiger partial charge in [0.25, 0.3) is 5.97 Å². The fourth-order valence-electron chi connectivity index (χ4n) is 1.75. The third-order valence-corrected chi connectivity index (χ3v) is 2.99. The Labute approximate surface area is 110 Å². The Morgan fingerprint density at radius 1 is 1.33 bits per heavy atom. The van der Waals surface area contributed by atoms with Gasteiger partial charge in [-0.15, -0.1) is 0 Å². The van der Waals surface area contributed by atoms with Gasteiger partial charge in [-0.05, 0) is 32.7 Å². The Bertz CT molecular complexity index is 260. The molecule has 0 heterocycles. The lowest BCUT2D eigenvalue weighted by Gasteiger charge is -2.15. The first kappa shape index (κ1) is 17.0. The highest BCUT2D eigenvalue weighted by Crippen LogP contribution is 2.16. The van der Waals surface area contributed by atoms with Gasteiger partial charge in [-0.2, -0.15) is 0 Å². The summed E-state index contributed by atoms with van der Waals surface area (Å²) in [4.78, 5) is 22.1. The quantitative estimate of drug-likeness (QED) is 0.445. The molecule has 0 aliphatic heterocycles. The van der Waals surface area contributed by atoms with Crippen LogP contribution in [0, 0.1) is 5.92 Å². The van der Waals surface area contributed by atoms with Crippen LogP contribution in [0.5, 0.6) is 0 Å². The molecule has 0 aromatic carbocycles. The van der Waals surface area contributed by atoms with Crippen LogP contribution in [0.25, 0.3) is 0 Å². The average molecular weight is 257 g/mol. The number of unbranched alkanes of at least 4 members (excludes halogenated alkanes) is 1. The number of carbonyl (C=O) groups is 2. The zero-order valence-corrected chi connectivity index (χ0v) is 11.6. The van der Waals surface area contributed by atoms with Gasteiger partial charge in [-0.1, -0.05) is 19.8 Å². The third-order valence-electron chi connectivity index (χ3n) is 2.99. The highest BCUT2D eigenvalue weighted by Gasteiger charge is 2.17. The van der Waals surface area contributed by atoms with Crippen LogP contribution in [0.4, 0.5) is 0 Å². The fourth-order valence-corrected chi connectivity index (χ4v) is 1.75. The summed E-state index contributed by atoms with van der Waals surface area (Å²) in [5.41, 5.74) is 0. The minimum atomic E-state index is -0.856. The first-order valence-electron chi connectivity index (χ1n) is 6.56. The van der Waals surface area contributed by atoms with Crippen molar-refractivity contribution in [2.45, 2.75) is 52.0 Å². The number of aliphatic carboxylic acids is 1. The molecular formula is C12H24BNO4. The molecule has 0 aromatic heterocycles. The van der Waals surface area contributed by atoms with Crippen LogP contribution in [-0.4, -0.2) is 37.7 Å². The Kier molecular flexibility index (Phi) is 9.37. The second-order valence-corrected chi connectivity index (χ2v) is 4.52. The Balaban J connectivity index is 3.89. The average Bonchev–Trinajstić information content (AvgIpc) is 2.36. The van der Waals surface area contributed by atoms with Crippen molar-refractivity contribution in [2.75, 3.05) is 6.54 Å². The van der Waals surface area contributed by atoms with Gasteiger partial charge in [0.15, 0.2) is 0 Å². The molecule has 0 aliphatic rings. The maximum Gasteiger partial charge on any atom is 0.325 e. The van der Waals surface area contributed by atoms with Crippen molar-refractivity contribution in [2.24, 2.45) is 5.92 Å². The van der Waals surface area contributed by atoms with E-state index in [-0.39, 0.29) is 11.9 Å². The van der Waals surface area contributed by atoms with Crippen LogP contribution in [-0.2, 0) is 14.2 Å². The van der Waals surface area contributed by atoms with Gasteiger partial charge < -0.3 is 15.1 Å². The molecule has 5 nitrogen and oxygen atoms in total. The van der Waals surface area contributed by atoms with Crippen LogP contribution in [0.2, 0.25) is 0 Å².